The normalized spacial score (nSPS) is 22.4. The first-order chi connectivity index (χ1) is 10.2. The van der Waals surface area contributed by atoms with Gasteiger partial charge in [-0.3, -0.25) is 5.32 Å². The number of nitrogens with one attached hydrogen (secondary N) is 1. The summed E-state index contributed by atoms with van der Waals surface area (Å²) in [7, 11) is 0. The number of carbonyl (C=O) groups is 1. The molecule has 2 aliphatic rings. The number of carbonyl (C=O) groups excluding carboxylic acids is 1. The molecule has 1 N–H and O–H groups in total. The Morgan fingerprint density at radius 1 is 1.33 bits per heavy atom. The van der Waals surface area contributed by atoms with Crippen molar-refractivity contribution in [3.8, 4) is 0 Å². The maximum absolute atomic E-state index is 11.9. The molecule has 1 aromatic heterocycles. The van der Waals surface area contributed by atoms with Crippen molar-refractivity contribution in [2.45, 2.75) is 31.8 Å². The van der Waals surface area contributed by atoms with Crippen LogP contribution in [0.5, 0.6) is 0 Å². The van der Waals surface area contributed by atoms with Gasteiger partial charge in [0.1, 0.15) is 12.1 Å². The highest BCUT2D eigenvalue weighted by molar-refractivity contribution is 5.87. The van der Waals surface area contributed by atoms with E-state index in [0.717, 1.165) is 12.0 Å². The van der Waals surface area contributed by atoms with Crippen LogP contribution in [0.4, 0.5) is 10.6 Å². The Labute approximate surface area is 122 Å². The maximum Gasteiger partial charge on any atom is 0.413 e. The number of fused-ring (bicyclic) bond motifs is 3. The minimum atomic E-state index is -0.659. The van der Waals surface area contributed by atoms with E-state index in [-0.39, 0.29) is 0 Å². The van der Waals surface area contributed by atoms with Gasteiger partial charge in [-0.25, -0.2) is 14.8 Å². The van der Waals surface area contributed by atoms with Gasteiger partial charge in [-0.05, 0) is 23.1 Å². The Hall–Kier alpha value is -2.43. The molecule has 1 atom stereocenters. The smallest absolute Gasteiger partial charge is 0.413 e. The first-order valence-corrected chi connectivity index (χ1v) is 7.11. The zero-order chi connectivity index (χ0) is 14.4. The van der Waals surface area contributed by atoms with Crippen molar-refractivity contribution in [2.24, 2.45) is 0 Å². The Morgan fingerprint density at radius 3 is 3.05 bits per heavy atom. The molecular weight excluding hydrogens is 266 g/mol. The van der Waals surface area contributed by atoms with Crippen LogP contribution >= 0.6 is 0 Å². The van der Waals surface area contributed by atoms with Crippen molar-refractivity contribution in [3.63, 3.8) is 0 Å². The third-order valence-corrected chi connectivity index (χ3v) is 4.34. The summed E-state index contributed by atoms with van der Waals surface area (Å²) in [4.78, 5) is 20.1. The first kappa shape index (κ1) is 12.3. The van der Waals surface area contributed by atoms with Gasteiger partial charge >= 0.3 is 6.09 Å². The number of hydrogen-bond acceptors (Lipinski definition) is 4. The van der Waals surface area contributed by atoms with E-state index in [1.165, 1.54) is 23.0 Å². The highest BCUT2D eigenvalue weighted by Gasteiger charge is 2.47. The summed E-state index contributed by atoms with van der Waals surface area (Å²) in [5.41, 5.74) is 3.98. The third-order valence-electron chi connectivity index (χ3n) is 4.34. The summed E-state index contributed by atoms with van der Waals surface area (Å²) in [6, 6.07) is 6.49. The molecule has 1 aliphatic heterocycles. The molecule has 2 aromatic rings. The summed E-state index contributed by atoms with van der Waals surface area (Å²) in [5.74, 6) is 0.560. The van der Waals surface area contributed by atoms with Crippen molar-refractivity contribution in [1.29, 1.82) is 0 Å². The van der Waals surface area contributed by atoms with E-state index in [4.69, 9.17) is 4.74 Å². The Bertz CT molecular complexity index is 744. The van der Waals surface area contributed by atoms with E-state index in [0.29, 0.717) is 18.7 Å². The number of benzene rings is 1. The molecule has 21 heavy (non-hydrogen) atoms. The topological polar surface area (TPSA) is 64.1 Å². The Balaban J connectivity index is 1.82. The van der Waals surface area contributed by atoms with Gasteiger partial charge in [-0.1, -0.05) is 25.1 Å². The van der Waals surface area contributed by atoms with Crippen LogP contribution in [-0.2, 0) is 29.6 Å². The molecule has 5 nitrogen and oxygen atoms in total. The fourth-order valence-electron chi connectivity index (χ4n) is 3.29. The molecule has 0 bridgehead atoms. The van der Waals surface area contributed by atoms with Gasteiger partial charge in [0, 0.05) is 19.0 Å². The van der Waals surface area contributed by atoms with Crippen molar-refractivity contribution in [1.82, 2.24) is 9.97 Å². The molecule has 2 heterocycles. The molecule has 1 spiro atoms. The lowest BCUT2D eigenvalue weighted by atomic mass is 9.91. The summed E-state index contributed by atoms with van der Waals surface area (Å²) in [6.45, 7) is 2.14. The van der Waals surface area contributed by atoms with Crippen LogP contribution in [-0.4, -0.2) is 16.1 Å². The molecule has 1 aliphatic carbocycles. The number of hydrogen-bond donors (Lipinski definition) is 1. The van der Waals surface area contributed by atoms with Gasteiger partial charge < -0.3 is 4.74 Å². The van der Waals surface area contributed by atoms with Crippen LogP contribution in [0.3, 0.4) is 0 Å². The zero-order valence-electron chi connectivity index (χ0n) is 11.7. The third kappa shape index (κ3) is 1.81. The number of ether oxygens (including phenoxy) is 1. The van der Waals surface area contributed by atoms with E-state index in [1.807, 2.05) is 0 Å². The summed E-state index contributed by atoms with van der Waals surface area (Å²) in [5, 5.41) is 2.65. The number of aryl methyl sites for hydroxylation is 1. The second kappa shape index (κ2) is 4.28. The van der Waals surface area contributed by atoms with Gasteiger partial charge in [-0.15, -0.1) is 0 Å². The fourth-order valence-corrected chi connectivity index (χ4v) is 3.29. The second-order valence-electron chi connectivity index (χ2n) is 5.60. The number of anilines is 1. The fraction of sp³-hybridized carbons (Fsp3) is 0.312. The van der Waals surface area contributed by atoms with Gasteiger partial charge in [0.25, 0.3) is 0 Å². The molecule has 5 heteroatoms. The molecule has 1 amide bonds. The van der Waals surface area contributed by atoms with Crippen molar-refractivity contribution >= 4 is 11.9 Å². The summed E-state index contributed by atoms with van der Waals surface area (Å²) in [6.07, 6.45) is 5.11. The molecule has 1 aromatic carbocycles. The molecule has 1 unspecified atom stereocenters. The van der Waals surface area contributed by atoms with Gasteiger partial charge in [0.15, 0.2) is 5.60 Å². The van der Waals surface area contributed by atoms with Crippen molar-refractivity contribution < 1.29 is 9.53 Å². The largest absolute Gasteiger partial charge is 0.437 e. The van der Waals surface area contributed by atoms with Crippen LogP contribution < -0.4 is 5.32 Å². The first-order valence-electron chi connectivity index (χ1n) is 7.11. The Kier molecular flexibility index (Phi) is 2.51. The van der Waals surface area contributed by atoms with Crippen molar-refractivity contribution in [3.05, 3.63) is 53.0 Å². The van der Waals surface area contributed by atoms with Crippen molar-refractivity contribution in [2.75, 3.05) is 5.32 Å². The van der Waals surface area contributed by atoms with Gasteiger partial charge in [0.05, 0.1) is 5.56 Å². The van der Waals surface area contributed by atoms with E-state index in [2.05, 4.69) is 40.4 Å². The highest BCUT2D eigenvalue weighted by Crippen LogP contribution is 2.45. The lowest BCUT2D eigenvalue weighted by Gasteiger charge is -2.34. The maximum atomic E-state index is 11.9. The predicted molar refractivity (Wildman–Crippen MR) is 77.0 cm³/mol. The molecule has 4 rings (SSSR count). The quantitative estimate of drug-likeness (QED) is 0.872. The van der Waals surface area contributed by atoms with Crippen LogP contribution in [0.2, 0.25) is 0 Å². The van der Waals surface area contributed by atoms with Gasteiger partial charge in [-0.2, -0.15) is 0 Å². The lowest BCUT2D eigenvalue weighted by Crippen LogP contribution is -2.40. The number of rotatable bonds is 1. The predicted octanol–water partition coefficient (Wildman–Crippen LogP) is 2.60. The molecule has 106 valence electrons. The molecule has 0 radical (unpaired) electrons. The zero-order valence-corrected chi connectivity index (χ0v) is 11.7. The molecule has 0 saturated carbocycles. The van der Waals surface area contributed by atoms with E-state index in [1.54, 1.807) is 6.20 Å². The monoisotopic (exact) mass is 281 g/mol. The minimum Gasteiger partial charge on any atom is -0.437 e. The van der Waals surface area contributed by atoms with Crippen LogP contribution in [0, 0.1) is 0 Å². The van der Waals surface area contributed by atoms with Gasteiger partial charge in [0.2, 0.25) is 0 Å². The average Bonchev–Trinajstić information content (AvgIpc) is 2.84. The summed E-state index contributed by atoms with van der Waals surface area (Å²) < 4.78 is 5.69. The highest BCUT2D eigenvalue weighted by atomic mass is 16.6. The van der Waals surface area contributed by atoms with Crippen LogP contribution in [0.25, 0.3) is 0 Å². The number of amides is 1. The Morgan fingerprint density at radius 2 is 2.19 bits per heavy atom. The van der Waals surface area contributed by atoms with Crippen LogP contribution in [0.15, 0.2) is 30.7 Å². The standard InChI is InChI=1S/C16H15N3O2/c1-2-10-3-4-11-6-16(7-12(11)5-10)13-8-17-9-18-14(13)19-15(20)21-16/h3-5,8-9H,2,6-7H2,1H3,(H,17,18,19,20). The molecule has 0 saturated heterocycles. The lowest BCUT2D eigenvalue weighted by molar-refractivity contribution is 0.0190. The van der Waals surface area contributed by atoms with E-state index in [9.17, 15) is 4.79 Å². The van der Waals surface area contributed by atoms with E-state index < -0.39 is 11.7 Å². The average molecular weight is 281 g/mol. The summed E-state index contributed by atoms with van der Waals surface area (Å²) >= 11 is 0. The number of aromatic nitrogens is 2. The number of nitrogens with zero attached hydrogens (tertiary/aromatic N) is 2. The SMILES string of the molecule is CCc1ccc2c(c1)CC1(C2)OC(=O)Nc2ncncc21. The van der Waals surface area contributed by atoms with Crippen LogP contribution in [0.1, 0.15) is 29.2 Å². The van der Waals surface area contributed by atoms with E-state index >= 15 is 0 Å². The molecular formula is C16H15N3O2. The second-order valence-corrected chi connectivity index (χ2v) is 5.60. The minimum absolute atomic E-state index is 0.440. The molecule has 0 fully saturated rings.